The van der Waals surface area contributed by atoms with E-state index in [9.17, 15) is 0 Å². The lowest BCUT2D eigenvalue weighted by Crippen LogP contribution is -2.52. The second-order valence-corrected chi connectivity index (χ2v) is 8.00. The number of hydrogen-bond donors (Lipinski definition) is 1. The zero-order valence-corrected chi connectivity index (χ0v) is 17.0. The molecule has 0 amide bonds. The van der Waals surface area contributed by atoms with Crippen molar-refractivity contribution in [2.75, 3.05) is 44.2 Å². The van der Waals surface area contributed by atoms with Crippen molar-refractivity contribution in [3.8, 4) is 0 Å². The molecule has 1 aliphatic heterocycles. The van der Waals surface area contributed by atoms with Crippen molar-refractivity contribution >= 4 is 34.6 Å². The zero-order chi connectivity index (χ0) is 18.4. The van der Waals surface area contributed by atoms with Crippen molar-refractivity contribution < 1.29 is 0 Å². The van der Waals surface area contributed by atoms with Crippen LogP contribution in [-0.4, -0.2) is 55.1 Å². The highest BCUT2D eigenvalue weighted by molar-refractivity contribution is 7.11. The fraction of sp³-hybridized carbons (Fsp3) is 0.474. The number of thiazole rings is 1. The Labute approximate surface area is 164 Å². The molecule has 0 spiro atoms. The molecule has 1 fully saturated rings. The molecule has 7 heteroatoms. The number of hydrogen-bond acceptors (Lipinski definition) is 4. The molecule has 140 valence electrons. The zero-order valence-electron chi connectivity index (χ0n) is 15.4. The van der Waals surface area contributed by atoms with Gasteiger partial charge in [0.25, 0.3) is 0 Å². The molecule has 1 N–H and O–H groups in total. The van der Waals surface area contributed by atoms with Crippen LogP contribution >= 0.6 is 22.9 Å². The van der Waals surface area contributed by atoms with Gasteiger partial charge < -0.3 is 15.1 Å². The van der Waals surface area contributed by atoms with Crippen LogP contribution in [-0.2, 0) is 6.42 Å². The second-order valence-electron chi connectivity index (χ2n) is 6.28. The molecule has 5 nitrogen and oxygen atoms in total. The first-order chi connectivity index (χ1) is 12.7. The van der Waals surface area contributed by atoms with E-state index in [4.69, 9.17) is 16.6 Å². The molecular formula is C19H26ClN5S. The van der Waals surface area contributed by atoms with E-state index in [1.165, 1.54) is 4.88 Å². The number of nitrogens with zero attached hydrogens (tertiary/aromatic N) is 4. The molecule has 1 saturated heterocycles. The normalized spacial score (nSPS) is 15.4. The van der Waals surface area contributed by atoms with Gasteiger partial charge in [-0.2, -0.15) is 0 Å². The summed E-state index contributed by atoms with van der Waals surface area (Å²) in [5.74, 6) is 1.000. The predicted octanol–water partition coefficient (Wildman–Crippen LogP) is 3.44. The molecule has 0 atom stereocenters. The molecule has 0 bridgehead atoms. The number of aryl methyl sites for hydroxylation is 1. The number of rotatable bonds is 5. The summed E-state index contributed by atoms with van der Waals surface area (Å²) in [4.78, 5) is 15.2. The average Bonchev–Trinajstić information content (AvgIpc) is 3.07. The van der Waals surface area contributed by atoms with E-state index in [0.717, 1.165) is 67.4 Å². The standard InChI is InChI=1S/C19H26ClN5S/c1-3-21-19(22-9-8-18-23-14-15(2)26-18)25-12-10-24(11-13-25)17-7-5-4-6-16(17)20/h4-7,14H,3,8-13H2,1-2H3,(H,21,22). The minimum absolute atomic E-state index is 0.764. The minimum Gasteiger partial charge on any atom is -0.367 e. The summed E-state index contributed by atoms with van der Waals surface area (Å²) in [7, 11) is 0. The SMILES string of the molecule is CCNC(=NCCc1ncc(C)s1)N1CCN(c2ccccc2Cl)CC1. The van der Waals surface area contributed by atoms with Gasteiger partial charge in [-0.15, -0.1) is 11.3 Å². The Bertz CT molecular complexity index is 737. The number of piperazine rings is 1. The summed E-state index contributed by atoms with van der Waals surface area (Å²) in [6.07, 6.45) is 2.83. The predicted molar refractivity (Wildman–Crippen MR) is 112 cm³/mol. The Hall–Kier alpha value is -1.79. The van der Waals surface area contributed by atoms with Gasteiger partial charge in [0.15, 0.2) is 5.96 Å². The second kappa shape index (κ2) is 9.24. The highest BCUT2D eigenvalue weighted by atomic mass is 35.5. The number of nitrogens with one attached hydrogen (secondary N) is 1. The molecule has 26 heavy (non-hydrogen) atoms. The Morgan fingerprint density at radius 2 is 2.04 bits per heavy atom. The number of halogens is 1. The Morgan fingerprint density at radius 3 is 2.69 bits per heavy atom. The molecule has 0 radical (unpaired) electrons. The molecular weight excluding hydrogens is 366 g/mol. The van der Waals surface area contributed by atoms with Crippen LogP contribution in [0.4, 0.5) is 5.69 Å². The third-order valence-electron chi connectivity index (χ3n) is 4.36. The Kier molecular flexibility index (Phi) is 6.74. The summed E-state index contributed by atoms with van der Waals surface area (Å²) >= 11 is 8.09. The van der Waals surface area contributed by atoms with E-state index in [1.807, 2.05) is 24.4 Å². The molecule has 3 rings (SSSR count). The van der Waals surface area contributed by atoms with Gasteiger partial charge in [-0.25, -0.2) is 4.98 Å². The first-order valence-corrected chi connectivity index (χ1v) is 10.3. The third-order valence-corrected chi connectivity index (χ3v) is 5.66. The van der Waals surface area contributed by atoms with Crippen molar-refractivity contribution in [2.45, 2.75) is 20.3 Å². The molecule has 1 aromatic heterocycles. The fourth-order valence-electron chi connectivity index (χ4n) is 3.07. The third kappa shape index (κ3) is 4.89. The van der Waals surface area contributed by atoms with E-state index in [-0.39, 0.29) is 0 Å². The summed E-state index contributed by atoms with van der Waals surface area (Å²) in [6.45, 7) is 9.60. The van der Waals surface area contributed by atoms with Crippen molar-refractivity contribution in [2.24, 2.45) is 4.99 Å². The van der Waals surface area contributed by atoms with Gasteiger partial charge in [-0.1, -0.05) is 23.7 Å². The van der Waals surface area contributed by atoms with E-state index in [2.05, 4.69) is 40.0 Å². The van der Waals surface area contributed by atoms with Gasteiger partial charge in [0.2, 0.25) is 0 Å². The molecule has 0 saturated carbocycles. The summed E-state index contributed by atoms with van der Waals surface area (Å²) in [6, 6.07) is 8.06. The molecule has 2 heterocycles. The van der Waals surface area contributed by atoms with Gasteiger partial charge >= 0.3 is 0 Å². The summed E-state index contributed by atoms with van der Waals surface area (Å²) < 4.78 is 0. The maximum Gasteiger partial charge on any atom is 0.194 e. The Balaban J connectivity index is 1.57. The van der Waals surface area contributed by atoms with Crippen LogP contribution < -0.4 is 10.2 Å². The molecule has 0 aliphatic carbocycles. The van der Waals surface area contributed by atoms with E-state index in [0.29, 0.717) is 0 Å². The number of guanidine groups is 1. The quantitative estimate of drug-likeness (QED) is 0.626. The number of aromatic nitrogens is 1. The summed E-state index contributed by atoms with van der Waals surface area (Å²) in [5.41, 5.74) is 1.12. The maximum atomic E-state index is 6.34. The number of para-hydroxylation sites is 1. The van der Waals surface area contributed by atoms with Crippen LogP contribution in [0.1, 0.15) is 16.8 Å². The lowest BCUT2D eigenvalue weighted by Gasteiger charge is -2.38. The highest BCUT2D eigenvalue weighted by Crippen LogP contribution is 2.26. The average molecular weight is 392 g/mol. The lowest BCUT2D eigenvalue weighted by molar-refractivity contribution is 0.372. The van der Waals surface area contributed by atoms with Crippen molar-refractivity contribution in [3.05, 3.63) is 45.4 Å². The molecule has 1 aromatic carbocycles. The first-order valence-electron chi connectivity index (χ1n) is 9.11. The van der Waals surface area contributed by atoms with Crippen LogP contribution in [0.25, 0.3) is 0 Å². The van der Waals surface area contributed by atoms with Crippen LogP contribution in [0.5, 0.6) is 0 Å². The van der Waals surface area contributed by atoms with Gasteiger partial charge in [-0.3, -0.25) is 4.99 Å². The molecule has 1 aliphatic rings. The smallest absolute Gasteiger partial charge is 0.194 e. The van der Waals surface area contributed by atoms with Gasteiger partial charge in [0.05, 0.1) is 15.7 Å². The van der Waals surface area contributed by atoms with Gasteiger partial charge in [-0.05, 0) is 26.0 Å². The van der Waals surface area contributed by atoms with Gasteiger partial charge in [0, 0.05) is 56.8 Å². The topological polar surface area (TPSA) is 43.8 Å². The summed E-state index contributed by atoms with van der Waals surface area (Å²) in [5, 5.41) is 5.40. The highest BCUT2D eigenvalue weighted by Gasteiger charge is 2.20. The van der Waals surface area contributed by atoms with Gasteiger partial charge in [0.1, 0.15) is 0 Å². The van der Waals surface area contributed by atoms with Crippen LogP contribution in [0.15, 0.2) is 35.5 Å². The largest absolute Gasteiger partial charge is 0.367 e. The van der Waals surface area contributed by atoms with Crippen LogP contribution in [0.3, 0.4) is 0 Å². The van der Waals surface area contributed by atoms with E-state index >= 15 is 0 Å². The van der Waals surface area contributed by atoms with Crippen molar-refractivity contribution in [1.29, 1.82) is 0 Å². The number of anilines is 1. The maximum absolute atomic E-state index is 6.34. The van der Waals surface area contributed by atoms with E-state index < -0.39 is 0 Å². The van der Waals surface area contributed by atoms with E-state index in [1.54, 1.807) is 11.3 Å². The lowest BCUT2D eigenvalue weighted by atomic mass is 10.2. The van der Waals surface area contributed by atoms with Crippen molar-refractivity contribution in [1.82, 2.24) is 15.2 Å². The minimum atomic E-state index is 0.764. The van der Waals surface area contributed by atoms with Crippen LogP contribution in [0.2, 0.25) is 5.02 Å². The fourth-order valence-corrected chi connectivity index (χ4v) is 4.10. The Morgan fingerprint density at radius 1 is 1.27 bits per heavy atom. The van der Waals surface area contributed by atoms with Crippen molar-refractivity contribution in [3.63, 3.8) is 0 Å². The molecule has 2 aromatic rings. The monoisotopic (exact) mass is 391 g/mol. The van der Waals surface area contributed by atoms with Crippen LogP contribution in [0, 0.1) is 6.92 Å². The first kappa shape index (κ1) is 19.0. The molecule has 0 unspecified atom stereocenters. The number of aliphatic imine (C=N–C) groups is 1. The number of benzene rings is 1.